The van der Waals surface area contributed by atoms with Gasteiger partial charge in [-0.1, -0.05) is 28.7 Å². The number of alkyl halides is 1. The zero-order chi connectivity index (χ0) is 14.8. The molecule has 2 fully saturated rings. The molecule has 2 aliphatic carbocycles. The van der Waals surface area contributed by atoms with E-state index in [1.807, 2.05) is 0 Å². The number of hydrogen-bond acceptors (Lipinski definition) is 0. The van der Waals surface area contributed by atoms with Gasteiger partial charge in [0.25, 0.3) is 0 Å². The van der Waals surface area contributed by atoms with Crippen LogP contribution in [-0.4, -0.2) is 3.92 Å². The van der Waals surface area contributed by atoms with Crippen molar-refractivity contribution in [2.75, 3.05) is 0 Å². The minimum Gasteiger partial charge on any atom is -0.204 e. The fourth-order valence-corrected chi connectivity index (χ4v) is 4.96. The molecule has 1 aromatic carbocycles. The van der Waals surface area contributed by atoms with Crippen LogP contribution in [0.1, 0.15) is 62.8 Å². The molecular weight excluding hydrogens is 381 g/mol. The van der Waals surface area contributed by atoms with Crippen molar-refractivity contribution in [1.29, 1.82) is 0 Å². The third-order valence-electron chi connectivity index (χ3n) is 5.55. The normalized spacial score (nSPS) is 33.9. The summed E-state index contributed by atoms with van der Waals surface area (Å²) in [5.41, 5.74) is 0.989. The molecule has 0 amide bonds. The molecule has 0 nitrogen and oxygen atoms in total. The van der Waals surface area contributed by atoms with Gasteiger partial charge in [0, 0.05) is 3.92 Å². The van der Waals surface area contributed by atoms with E-state index in [-0.39, 0.29) is 0 Å². The summed E-state index contributed by atoms with van der Waals surface area (Å²) in [6.07, 6.45) is 10.4. The molecule has 0 spiro atoms. The summed E-state index contributed by atoms with van der Waals surface area (Å²) in [6, 6.07) is 4.45. The number of rotatable bonds is 2. The van der Waals surface area contributed by atoms with Gasteiger partial charge in [0.05, 0.1) is 0 Å². The number of benzene rings is 1. The van der Waals surface area contributed by atoms with Gasteiger partial charge in [0.2, 0.25) is 0 Å². The predicted molar refractivity (Wildman–Crippen MR) is 90.8 cm³/mol. The lowest BCUT2D eigenvalue weighted by molar-refractivity contribution is 0.189. The van der Waals surface area contributed by atoms with Gasteiger partial charge >= 0.3 is 0 Å². The highest BCUT2D eigenvalue weighted by Crippen LogP contribution is 2.43. The van der Waals surface area contributed by atoms with Crippen molar-refractivity contribution in [2.45, 2.75) is 61.2 Å². The van der Waals surface area contributed by atoms with Crippen LogP contribution in [0.4, 0.5) is 8.78 Å². The van der Waals surface area contributed by atoms with E-state index in [1.165, 1.54) is 50.7 Å². The molecule has 0 N–H and O–H groups in total. The molecule has 0 unspecified atom stereocenters. The SMILES string of the molecule is Fc1ccc(C2CCC(C3CCC(I)CC3)CC2)cc1F. The highest BCUT2D eigenvalue weighted by molar-refractivity contribution is 14.1. The van der Waals surface area contributed by atoms with E-state index in [0.29, 0.717) is 5.92 Å². The average molecular weight is 404 g/mol. The lowest BCUT2D eigenvalue weighted by Crippen LogP contribution is -2.25. The monoisotopic (exact) mass is 404 g/mol. The highest BCUT2D eigenvalue weighted by atomic mass is 127. The van der Waals surface area contributed by atoms with E-state index in [1.54, 1.807) is 6.07 Å². The predicted octanol–water partition coefficient (Wildman–Crippen LogP) is 6.23. The Labute approximate surface area is 139 Å². The van der Waals surface area contributed by atoms with E-state index in [2.05, 4.69) is 22.6 Å². The summed E-state index contributed by atoms with van der Waals surface area (Å²) >= 11 is 2.59. The van der Waals surface area contributed by atoms with Gasteiger partial charge in [-0.05, 0) is 86.8 Å². The Hall–Kier alpha value is -0.190. The van der Waals surface area contributed by atoms with Crippen LogP contribution >= 0.6 is 22.6 Å². The van der Waals surface area contributed by atoms with Crippen LogP contribution in [0.3, 0.4) is 0 Å². The quantitative estimate of drug-likeness (QED) is 0.405. The van der Waals surface area contributed by atoms with Gasteiger partial charge in [-0.3, -0.25) is 0 Å². The Balaban J connectivity index is 1.56. The summed E-state index contributed by atoms with van der Waals surface area (Å²) in [4.78, 5) is 0. The van der Waals surface area contributed by atoms with E-state index >= 15 is 0 Å². The molecule has 2 saturated carbocycles. The van der Waals surface area contributed by atoms with Crippen molar-refractivity contribution in [1.82, 2.24) is 0 Å². The first-order chi connectivity index (χ1) is 10.1. The largest absolute Gasteiger partial charge is 0.204 e. The van der Waals surface area contributed by atoms with Crippen LogP contribution in [0.15, 0.2) is 18.2 Å². The first kappa shape index (κ1) is 15.7. The molecule has 0 aromatic heterocycles. The van der Waals surface area contributed by atoms with Crippen molar-refractivity contribution in [3.63, 3.8) is 0 Å². The van der Waals surface area contributed by atoms with E-state index in [0.717, 1.165) is 34.2 Å². The van der Waals surface area contributed by atoms with Crippen molar-refractivity contribution in [3.05, 3.63) is 35.4 Å². The Kier molecular flexibility index (Phi) is 5.18. The van der Waals surface area contributed by atoms with Crippen molar-refractivity contribution < 1.29 is 8.78 Å². The van der Waals surface area contributed by atoms with Crippen molar-refractivity contribution >= 4 is 22.6 Å². The molecule has 0 saturated heterocycles. The lowest BCUT2D eigenvalue weighted by atomic mass is 9.70. The van der Waals surface area contributed by atoms with Crippen LogP contribution in [0.5, 0.6) is 0 Å². The highest BCUT2D eigenvalue weighted by Gasteiger charge is 2.30. The molecule has 3 rings (SSSR count). The first-order valence-corrected chi connectivity index (χ1v) is 9.47. The Morgan fingerprint density at radius 1 is 0.762 bits per heavy atom. The zero-order valence-electron chi connectivity index (χ0n) is 12.3. The van der Waals surface area contributed by atoms with Crippen LogP contribution in [0.2, 0.25) is 0 Å². The molecule has 0 heterocycles. The lowest BCUT2D eigenvalue weighted by Gasteiger charge is -2.37. The smallest absolute Gasteiger partial charge is 0.159 e. The molecule has 1 aromatic rings. The molecule has 2 aliphatic rings. The second kappa shape index (κ2) is 6.93. The van der Waals surface area contributed by atoms with Gasteiger partial charge in [0.15, 0.2) is 11.6 Å². The zero-order valence-corrected chi connectivity index (χ0v) is 14.5. The second-order valence-corrected chi connectivity index (χ2v) is 8.56. The summed E-state index contributed by atoms with van der Waals surface area (Å²) in [5, 5.41) is 0. The van der Waals surface area contributed by atoms with Gasteiger partial charge < -0.3 is 0 Å². The topological polar surface area (TPSA) is 0 Å². The molecule has 116 valence electrons. The second-order valence-electron chi connectivity index (χ2n) is 6.80. The van der Waals surface area contributed by atoms with Crippen LogP contribution < -0.4 is 0 Å². The van der Waals surface area contributed by atoms with E-state index < -0.39 is 11.6 Å². The standard InChI is InChI=1S/C18H23F2I/c19-17-10-7-15(11-18(17)20)14-3-1-12(2-4-14)13-5-8-16(21)9-6-13/h7,10-14,16H,1-6,8-9H2. The maximum absolute atomic E-state index is 13.4. The maximum Gasteiger partial charge on any atom is 0.159 e. The average Bonchev–Trinajstić information content (AvgIpc) is 2.51. The number of hydrogen-bond donors (Lipinski definition) is 0. The van der Waals surface area contributed by atoms with Crippen LogP contribution in [0, 0.1) is 23.5 Å². The molecule has 0 aliphatic heterocycles. The van der Waals surface area contributed by atoms with Gasteiger partial charge in [0.1, 0.15) is 0 Å². The first-order valence-electron chi connectivity index (χ1n) is 8.22. The third kappa shape index (κ3) is 3.77. The Morgan fingerprint density at radius 3 is 1.90 bits per heavy atom. The van der Waals surface area contributed by atoms with E-state index in [9.17, 15) is 8.78 Å². The van der Waals surface area contributed by atoms with Crippen LogP contribution in [0.25, 0.3) is 0 Å². The number of halogens is 3. The minimum atomic E-state index is -0.733. The molecular formula is C18H23F2I. The fraction of sp³-hybridized carbons (Fsp3) is 0.667. The molecule has 21 heavy (non-hydrogen) atoms. The van der Waals surface area contributed by atoms with Crippen LogP contribution in [-0.2, 0) is 0 Å². The van der Waals surface area contributed by atoms with Gasteiger partial charge in [-0.15, -0.1) is 0 Å². The summed E-state index contributed by atoms with van der Waals surface area (Å²) in [6.45, 7) is 0. The molecule has 0 bridgehead atoms. The fourth-order valence-electron chi connectivity index (χ4n) is 4.24. The molecule has 0 radical (unpaired) electrons. The third-order valence-corrected chi connectivity index (χ3v) is 6.80. The maximum atomic E-state index is 13.4. The summed E-state index contributed by atoms with van der Waals surface area (Å²) < 4.78 is 27.3. The van der Waals surface area contributed by atoms with E-state index in [4.69, 9.17) is 0 Å². The van der Waals surface area contributed by atoms with Gasteiger partial charge in [-0.2, -0.15) is 0 Å². The Morgan fingerprint density at radius 2 is 1.33 bits per heavy atom. The summed E-state index contributed by atoms with van der Waals surface area (Å²) in [5.74, 6) is 0.785. The Bertz CT molecular complexity index is 472. The molecule has 3 heteroatoms. The minimum absolute atomic E-state index is 0.428. The molecule has 0 atom stereocenters. The van der Waals surface area contributed by atoms with Crippen molar-refractivity contribution in [2.24, 2.45) is 11.8 Å². The van der Waals surface area contributed by atoms with Crippen molar-refractivity contribution in [3.8, 4) is 0 Å². The summed E-state index contributed by atoms with van der Waals surface area (Å²) in [7, 11) is 0. The van der Waals surface area contributed by atoms with Gasteiger partial charge in [-0.25, -0.2) is 8.78 Å².